The van der Waals surface area contributed by atoms with Crippen molar-refractivity contribution in [3.05, 3.63) is 22.8 Å². The monoisotopic (exact) mass is 241 g/mol. The van der Waals surface area contributed by atoms with Gasteiger partial charge in [0.1, 0.15) is 5.82 Å². The van der Waals surface area contributed by atoms with Crippen LogP contribution in [0.5, 0.6) is 0 Å². The van der Waals surface area contributed by atoms with E-state index in [4.69, 9.17) is 17.3 Å². The van der Waals surface area contributed by atoms with E-state index in [-0.39, 0.29) is 5.41 Å². The topological polar surface area (TPSA) is 50.9 Å². The Hall–Kier alpha value is -0.800. The standard InChI is InChI=1S/C12H20ClN3/c1-8(15-4)6-12(2,3)10-5-9(13)7-16-11(10)14/h5,7-8,15H,6H2,1-4H3,(H2,14,16). The van der Waals surface area contributed by atoms with Crippen LogP contribution in [0, 0.1) is 0 Å². The van der Waals surface area contributed by atoms with E-state index in [1.807, 2.05) is 13.1 Å². The van der Waals surface area contributed by atoms with Gasteiger partial charge in [-0.1, -0.05) is 25.4 Å². The van der Waals surface area contributed by atoms with Gasteiger partial charge >= 0.3 is 0 Å². The van der Waals surface area contributed by atoms with E-state index in [0.717, 1.165) is 12.0 Å². The summed E-state index contributed by atoms with van der Waals surface area (Å²) in [5.74, 6) is 0.567. The summed E-state index contributed by atoms with van der Waals surface area (Å²) in [5, 5.41) is 3.86. The van der Waals surface area contributed by atoms with Crippen molar-refractivity contribution in [3.8, 4) is 0 Å². The van der Waals surface area contributed by atoms with Gasteiger partial charge in [0.05, 0.1) is 5.02 Å². The summed E-state index contributed by atoms with van der Waals surface area (Å²) in [6.07, 6.45) is 2.56. The molecule has 0 radical (unpaired) electrons. The van der Waals surface area contributed by atoms with Gasteiger partial charge in [-0.15, -0.1) is 0 Å². The Labute approximate surface area is 102 Å². The van der Waals surface area contributed by atoms with Gasteiger partial charge in [0.25, 0.3) is 0 Å². The van der Waals surface area contributed by atoms with Gasteiger partial charge in [-0.25, -0.2) is 4.98 Å². The number of nitrogens with one attached hydrogen (secondary N) is 1. The number of nitrogen functional groups attached to an aromatic ring is 1. The molecule has 0 aromatic carbocycles. The highest BCUT2D eigenvalue weighted by molar-refractivity contribution is 6.30. The predicted molar refractivity (Wildman–Crippen MR) is 69.8 cm³/mol. The van der Waals surface area contributed by atoms with Crippen LogP contribution in [0.2, 0.25) is 5.02 Å². The van der Waals surface area contributed by atoms with E-state index in [0.29, 0.717) is 16.9 Å². The summed E-state index contributed by atoms with van der Waals surface area (Å²) in [4.78, 5) is 4.10. The Morgan fingerprint density at radius 2 is 2.19 bits per heavy atom. The Morgan fingerprint density at radius 1 is 1.56 bits per heavy atom. The van der Waals surface area contributed by atoms with Crippen LogP contribution in [0.3, 0.4) is 0 Å². The fourth-order valence-corrected chi connectivity index (χ4v) is 2.13. The molecule has 0 bridgehead atoms. The first-order valence-corrected chi connectivity index (χ1v) is 5.83. The second-order valence-electron chi connectivity index (χ2n) is 4.86. The van der Waals surface area contributed by atoms with Crippen LogP contribution in [0.25, 0.3) is 0 Å². The maximum absolute atomic E-state index is 5.96. The molecule has 0 amide bonds. The van der Waals surface area contributed by atoms with Crippen LogP contribution in [0.4, 0.5) is 5.82 Å². The zero-order valence-corrected chi connectivity index (χ0v) is 11.1. The third kappa shape index (κ3) is 3.09. The minimum atomic E-state index is -0.0373. The zero-order chi connectivity index (χ0) is 12.3. The van der Waals surface area contributed by atoms with Gasteiger partial charge in [-0.3, -0.25) is 0 Å². The first kappa shape index (κ1) is 13.3. The molecular formula is C12H20ClN3. The predicted octanol–water partition coefficient (Wildman–Crippen LogP) is 2.59. The van der Waals surface area contributed by atoms with Crippen LogP contribution in [-0.2, 0) is 5.41 Å². The van der Waals surface area contributed by atoms with Gasteiger partial charge in [0, 0.05) is 17.8 Å². The van der Waals surface area contributed by atoms with Crippen molar-refractivity contribution in [2.24, 2.45) is 0 Å². The molecule has 0 spiro atoms. The average Bonchev–Trinajstić information content (AvgIpc) is 2.20. The molecule has 1 atom stereocenters. The molecule has 1 aromatic rings. The highest BCUT2D eigenvalue weighted by Gasteiger charge is 2.25. The number of aromatic nitrogens is 1. The van der Waals surface area contributed by atoms with Crippen molar-refractivity contribution in [2.45, 2.75) is 38.6 Å². The summed E-state index contributed by atoms with van der Waals surface area (Å²) >= 11 is 5.96. The molecule has 3 N–H and O–H groups in total. The van der Waals surface area contributed by atoms with E-state index >= 15 is 0 Å². The van der Waals surface area contributed by atoms with E-state index < -0.39 is 0 Å². The third-order valence-corrected chi connectivity index (χ3v) is 3.13. The number of pyridine rings is 1. The number of hydrogen-bond donors (Lipinski definition) is 2. The van der Waals surface area contributed by atoms with E-state index in [1.54, 1.807) is 6.20 Å². The first-order chi connectivity index (χ1) is 7.36. The highest BCUT2D eigenvalue weighted by atomic mass is 35.5. The lowest BCUT2D eigenvalue weighted by Crippen LogP contribution is -2.31. The van der Waals surface area contributed by atoms with Crippen molar-refractivity contribution in [2.75, 3.05) is 12.8 Å². The number of nitrogens with two attached hydrogens (primary N) is 1. The summed E-state index contributed by atoms with van der Waals surface area (Å²) in [5.41, 5.74) is 6.88. The van der Waals surface area contributed by atoms with Gasteiger partial charge < -0.3 is 11.1 Å². The normalized spacial score (nSPS) is 13.8. The molecule has 1 aromatic heterocycles. The summed E-state index contributed by atoms with van der Waals surface area (Å²) in [7, 11) is 1.96. The Kier molecular flexibility index (Phi) is 4.16. The number of halogens is 1. The van der Waals surface area contributed by atoms with Gasteiger partial charge in [-0.2, -0.15) is 0 Å². The fourth-order valence-electron chi connectivity index (χ4n) is 1.97. The van der Waals surface area contributed by atoms with Crippen molar-refractivity contribution in [1.29, 1.82) is 0 Å². The zero-order valence-electron chi connectivity index (χ0n) is 10.3. The highest BCUT2D eigenvalue weighted by Crippen LogP contribution is 2.32. The smallest absolute Gasteiger partial charge is 0.127 e. The Balaban J connectivity index is 3.01. The van der Waals surface area contributed by atoms with Crippen LogP contribution < -0.4 is 11.1 Å². The number of nitrogens with zero attached hydrogens (tertiary/aromatic N) is 1. The number of hydrogen-bond acceptors (Lipinski definition) is 3. The van der Waals surface area contributed by atoms with Crippen molar-refractivity contribution in [3.63, 3.8) is 0 Å². The molecule has 0 aliphatic rings. The minimum Gasteiger partial charge on any atom is -0.383 e. The van der Waals surface area contributed by atoms with Crippen LogP contribution >= 0.6 is 11.6 Å². The van der Waals surface area contributed by atoms with E-state index in [2.05, 4.69) is 31.1 Å². The molecule has 0 aliphatic carbocycles. The fraction of sp³-hybridized carbons (Fsp3) is 0.583. The molecule has 1 heterocycles. The van der Waals surface area contributed by atoms with Crippen LogP contribution in [-0.4, -0.2) is 18.1 Å². The van der Waals surface area contributed by atoms with Gasteiger partial charge in [0.2, 0.25) is 0 Å². The molecule has 1 rings (SSSR count). The minimum absolute atomic E-state index is 0.0373. The number of rotatable bonds is 4. The molecule has 0 aliphatic heterocycles. The first-order valence-electron chi connectivity index (χ1n) is 5.45. The summed E-state index contributed by atoms with van der Waals surface area (Å²) in [6.45, 7) is 6.46. The second kappa shape index (κ2) is 5.02. The largest absolute Gasteiger partial charge is 0.383 e. The quantitative estimate of drug-likeness (QED) is 0.852. The SMILES string of the molecule is CNC(C)CC(C)(C)c1cc(Cl)cnc1N. The summed E-state index contributed by atoms with van der Waals surface area (Å²) < 4.78 is 0. The maximum Gasteiger partial charge on any atom is 0.127 e. The lowest BCUT2D eigenvalue weighted by molar-refractivity contribution is 0.405. The maximum atomic E-state index is 5.96. The van der Waals surface area contributed by atoms with E-state index in [9.17, 15) is 0 Å². The molecule has 0 saturated heterocycles. The molecule has 3 nitrogen and oxygen atoms in total. The molecule has 0 fully saturated rings. The van der Waals surface area contributed by atoms with Crippen LogP contribution in [0.15, 0.2) is 12.3 Å². The lowest BCUT2D eigenvalue weighted by Gasteiger charge is -2.29. The lowest BCUT2D eigenvalue weighted by atomic mass is 9.79. The molecule has 16 heavy (non-hydrogen) atoms. The Bertz CT molecular complexity index is 363. The van der Waals surface area contributed by atoms with Crippen molar-refractivity contribution in [1.82, 2.24) is 10.3 Å². The molecule has 1 unspecified atom stereocenters. The molecule has 0 saturated carbocycles. The van der Waals surface area contributed by atoms with Crippen molar-refractivity contribution < 1.29 is 0 Å². The Morgan fingerprint density at radius 3 is 2.75 bits per heavy atom. The third-order valence-electron chi connectivity index (χ3n) is 2.92. The van der Waals surface area contributed by atoms with E-state index in [1.165, 1.54) is 0 Å². The van der Waals surface area contributed by atoms with Gasteiger partial charge in [0.15, 0.2) is 0 Å². The molecule has 4 heteroatoms. The molecular weight excluding hydrogens is 222 g/mol. The average molecular weight is 242 g/mol. The summed E-state index contributed by atoms with van der Waals surface area (Å²) in [6, 6.07) is 2.33. The van der Waals surface area contributed by atoms with Crippen LogP contribution in [0.1, 0.15) is 32.8 Å². The van der Waals surface area contributed by atoms with Gasteiger partial charge in [-0.05, 0) is 31.9 Å². The second-order valence-corrected chi connectivity index (χ2v) is 5.30. The molecule has 90 valence electrons. The van der Waals surface area contributed by atoms with Crippen molar-refractivity contribution >= 4 is 17.4 Å². The number of anilines is 1.